The summed E-state index contributed by atoms with van der Waals surface area (Å²) in [6, 6.07) is 10.7. The van der Waals surface area contributed by atoms with Gasteiger partial charge in [0.25, 0.3) is 5.91 Å². The fourth-order valence-electron chi connectivity index (χ4n) is 1.84. The van der Waals surface area contributed by atoms with Crippen molar-refractivity contribution in [3.8, 4) is 0 Å². The zero-order chi connectivity index (χ0) is 16.7. The zero-order valence-electron chi connectivity index (χ0n) is 12.5. The molecular formula is C17H16BrNO4. The van der Waals surface area contributed by atoms with Crippen LogP contribution in [0.25, 0.3) is 6.08 Å². The number of nitrogens with one attached hydrogen (secondary N) is 1. The molecule has 1 N–H and O–H groups in total. The number of carbonyl (C=O) groups excluding carboxylic acids is 2. The molecule has 0 spiro atoms. The quantitative estimate of drug-likeness (QED) is 0.617. The van der Waals surface area contributed by atoms with Crippen LogP contribution in [-0.2, 0) is 14.3 Å². The van der Waals surface area contributed by atoms with Gasteiger partial charge < -0.3 is 14.5 Å². The summed E-state index contributed by atoms with van der Waals surface area (Å²) in [4.78, 5) is 23.3. The van der Waals surface area contributed by atoms with Crippen molar-refractivity contribution in [3.05, 3.63) is 64.5 Å². The Balaban J connectivity index is 1.78. The van der Waals surface area contributed by atoms with Crippen molar-refractivity contribution >= 4 is 33.9 Å². The number of esters is 1. The van der Waals surface area contributed by atoms with Crippen LogP contribution in [-0.4, -0.2) is 18.5 Å². The van der Waals surface area contributed by atoms with Crippen molar-refractivity contribution < 1.29 is 18.7 Å². The average Bonchev–Trinajstić information content (AvgIpc) is 3.06. The van der Waals surface area contributed by atoms with Gasteiger partial charge in [0.15, 0.2) is 6.61 Å². The van der Waals surface area contributed by atoms with E-state index in [2.05, 4.69) is 21.2 Å². The Morgan fingerprint density at radius 1 is 1.30 bits per heavy atom. The molecule has 0 fully saturated rings. The van der Waals surface area contributed by atoms with E-state index in [1.165, 1.54) is 12.3 Å². The Kier molecular flexibility index (Phi) is 6.17. The summed E-state index contributed by atoms with van der Waals surface area (Å²) in [5.74, 6) is -0.336. The standard InChI is InChI=1S/C17H16BrNO4/c1-12(15-7-4-10-22-15)19-16(20)11-23-17(21)9-8-13-5-2-3-6-14(13)18/h2-10,12H,11H2,1H3,(H,19,20)/b9-8+/t12-/m1/s1. The van der Waals surface area contributed by atoms with Gasteiger partial charge in [-0.05, 0) is 36.8 Å². The van der Waals surface area contributed by atoms with Crippen LogP contribution in [0.3, 0.4) is 0 Å². The molecule has 1 atom stereocenters. The molecule has 2 rings (SSSR count). The third kappa shape index (κ3) is 5.41. The van der Waals surface area contributed by atoms with Gasteiger partial charge in [-0.2, -0.15) is 0 Å². The predicted octanol–water partition coefficient (Wildman–Crippen LogP) is 3.48. The molecule has 0 unspecified atom stereocenters. The summed E-state index contributed by atoms with van der Waals surface area (Å²) < 4.78 is 11.0. The van der Waals surface area contributed by atoms with Gasteiger partial charge in [0.1, 0.15) is 5.76 Å². The Morgan fingerprint density at radius 2 is 2.09 bits per heavy atom. The lowest BCUT2D eigenvalue weighted by Gasteiger charge is -2.11. The molecule has 1 aromatic carbocycles. The van der Waals surface area contributed by atoms with Gasteiger partial charge in [0, 0.05) is 10.5 Å². The van der Waals surface area contributed by atoms with Gasteiger partial charge in [-0.25, -0.2) is 4.79 Å². The van der Waals surface area contributed by atoms with Crippen LogP contribution >= 0.6 is 15.9 Å². The van der Waals surface area contributed by atoms with E-state index >= 15 is 0 Å². The first-order valence-corrected chi connectivity index (χ1v) is 7.77. The topological polar surface area (TPSA) is 68.5 Å². The van der Waals surface area contributed by atoms with Gasteiger partial charge in [0.2, 0.25) is 0 Å². The molecule has 1 heterocycles. The number of hydrogen-bond acceptors (Lipinski definition) is 4. The molecular weight excluding hydrogens is 362 g/mol. The molecule has 1 aromatic heterocycles. The van der Waals surface area contributed by atoms with Gasteiger partial charge in [-0.3, -0.25) is 4.79 Å². The molecule has 0 aliphatic heterocycles. The Bertz CT molecular complexity index is 694. The summed E-state index contributed by atoms with van der Waals surface area (Å²) in [5, 5.41) is 2.68. The highest BCUT2D eigenvalue weighted by Gasteiger charge is 2.12. The Labute approximate surface area is 142 Å². The molecule has 0 saturated carbocycles. The number of ether oxygens (including phenoxy) is 1. The third-order valence-electron chi connectivity index (χ3n) is 3.00. The monoisotopic (exact) mass is 377 g/mol. The number of furan rings is 1. The first-order valence-electron chi connectivity index (χ1n) is 6.98. The highest BCUT2D eigenvalue weighted by atomic mass is 79.9. The smallest absolute Gasteiger partial charge is 0.331 e. The molecule has 5 nitrogen and oxygen atoms in total. The first kappa shape index (κ1) is 17.0. The molecule has 2 aromatic rings. The molecule has 120 valence electrons. The molecule has 1 amide bonds. The summed E-state index contributed by atoms with van der Waals surface area (Å²) in [6.07, 6.45) is 4.43. The molecule has 0 aliphatic rings. The first-order chi connectivity index (χ1) is 11.1. The average molecular weight is 378 g/mol. The maximum atomic E-state index is 11.7. The number of benzene rings is 1. The fraction of sp³-hybridized carbons (Fsp3) is 0.176. The number of amides is 1. The summed E-state index contributed by atoms with van der Waals surface area (Å²) in [6.45, 7) is 1.44. The summed E-state index contributed by atoms with van der Waals surface area (Å²) in [7, 11) is 0. The third-order valence-corrected chi connectivity index (χ3v) is 3.72. The highest BCUT2D eigenvalue weighted by molar-refractivity contribution is 9.10. The molecule has 6 heteroatoms. The van der Waals surface area contributed by atoms with Gasteiger partial charge in [-0.15, -0.1) is 0 Å². The van der Waals surface area contributed by atoms with Crippen LogP contribution in [0.2, 0.25) is 0 Å². The Morgan fingerprint density at radius 3 is 2.78 bits per heavy atom. The van der Waals surface area contributed by atoms with Crippen molar-refractivity contribution in [1.29, 1.82) is 0 Å². The van der Waals surface area contributed by atoms with E-state index in [1.54, 1.807) is 25.1 Å². The number of rotatable bonds is 6. The zero-order valence-corrected chi connectivity index (χ0v) is 14.1. The van der Waals surface area contributed by atoms with Crippen molar-refractivity contribution in [2.75, 3.05) is 6.61 Å². The molecule has 0 bridgehead atoms. The molecule has 0 saturated heterocycles. The van der Waals surface area contributed by atoms with E-state index in [-0.39, 0.29) is 12.6 Å². The van der Waals surface area contributed by atoms with Crippen LogP contribution < -0.4 is 5.32 Å². The van der Waals surface area contributed by atoms with E-state index in [0.717, 1.165) is 10.0 Å². The van der Waals surface area contributed by atoms with Crippen molar-refractivity contribution in [2.24, 2.45) is 0 Å². The van der Waals surface area contributed by atoms with Crippen LogP contribution in [0.15, 0.2) is 57.6 Å². The highest BCUT2D eigenvalue weighted by Crippen LogP contribution is 2.17. The summed E-state index contributed by atoms with van der Waals surface area (Å²) in [5.41, 5.74) is 0.848. The second-order valence-corrected chi connectivity index (χ2v) is 5.62. The summed E-state index contributed by atoms with van der Waals surface area (Å²) >= 11 is 3.38. The SMILES string of the molecule is C[C@@H](NC(=O)COC(=O)/C=C/c1ccccc1Br)c1ccco1. The fourth-order valence-corrected chi connectivity index (χ4v) is 2.26. The molecule has 23 heavy (non-hydrogen) atoms. The minimum atomic E-state index is -0.582. The van der Waals surface area contributed by atoms with Crippen LogP contribution in [0.5, 0.6) is 0 Å². The Hall–Kier alpha value is -2.34. The van der Waals surface area contributed by atoms with E-state index in [1.807, 2.05) is 24.3 Å². The van der Waals surface area contributed by atoms with Crippen LogP contribution in [0, 0.1) is 0 Å². The lowest BCUT2D eigenvalue weighted by Crippen LogP contribution is -2.30. The minimum Gasteiger partial charge on any atom is -0.467 e. The van der Waals surface area contributed by atoms with E-state index in [0.29, 0.717) is 5.76 Å². The van der Waals surface area contributed by atoms with Gasteiger partial charge in [-0.1, -0.05) is 34.1 Å². The number of hydrogen-bond donors (Lipinski definition) is 1. The van der Waals surface area contributed by atoms with Crippen molar-refractivity contribution in [2.45, 2.75) is 13.0 Å². The maximum absolute atomic E-state index is 11.7. The number of carbonyl (C=O) groups is 2. The number of halogens is 1. The molecule has 0 aliphatic carbocycles. The molecule has 0 radical (unpaired) electrons. The lowest BCUT2D eigenvalue weighted by atomic mass is 10.2. The minimum absolute atomic E-state index is 0.285. The van der Waals surface area contributed by atoms with Crippen molar-refractivity contribution in [3.63, 3.8) is 0 Å². The van der Waals surface area contributed by atoms with Gasteiger partial charge in [0.05, 0.1) is 12.3 Å². The largest absolute Gasteiger partial charge is 0.467 e. The normalized spacial score (nSPS) is 12.1. The van der Waals surface area contributed by atoms with E-state index < -0.39 is 11.9 Å². The second-order valence-electron chi connectivity index (χ2n) is 4.77. The van der Waals surface area contributed by atoms with E-state index in [4.69, 9.17) is 9.15 Å². The predicted molar refractivity (Wildman–Crippen MR) is 89.4 cm³/mol. The maximum Gasteiger partial charge on any atom is 0.331 e. The van der Waals surface area contributed by atoms with Gasteiger partial charge >= 0.3 is 5.97 Å². The van der Waals surface area contributed by atoms with Crippen molar-refractivity contribution in [1.82, 2.24) is 5.32 Å². The van der Waals surface area contributed by atoms with Crippen LogP contribution in [0.1, 0.15) is 24.3 Å². The van der Waals surface area contributed by atoms with E-state index in [9.17, 15) is 9.59 Å². The lowest BCUT2D eigenvalue weighted by molar-refractivity contribution is -0.144. The second kappa shape index (κ2) is 8.33. The van der Waals surface area contributed by atoms with Crippen LogP contribution in [0.4, 0.5) is 0 Å².